The summed E-state index contributed by atoms with van der Waals surface area (Å²) in [6, 6.07) is 5.49. The maximum atomic E-state index is 12.6. The summed E-state index contributed by atoms with van der Waals surface area (Å²) >= 11 is 0. The van der Waals surface area contributed by atoms with Gasteiger partial charge >= 0.3 is 12.0 Å². The summed E-state index contributed by atoms with van der Waals surface area (Å²) in [5.74, 6) is -0.341. The van der Waals surface area contributed by atoms with Crippen LogP contribution in [0.5, 0.6) is 5.75 Å². The number of aromatic hydroxyl groups is 1. The number of hydrogen-bond donors (Lipinski definition) is 3. The first kappa shape index (κ1) is 15.4. The van der Waals surface area contributed by atoms with Gasteiger partial charge in [-0.3, -0.25) is 0 Å². The summed E-state index contributed by atoms with van der Waals surface area (Å²) in [4.78, 5) is 24.4. The molecule has 23 heavy (non-hydrogen) atoms. The third kappa shape index (κ3) is 3.31. The van der Waals surface area contributed by atoms with E-state index >= 15 is 0 Å². The van der Waals surface area contributed by atoms with E-state index in [-0.39, 0.29) is 17.9 Å². The Morgan fingerprint density at radius 2 is 2.04 bits per heavy atom. The molecule has 0 saturated heterocycles. The molecule has 1 aromatic carbocycles. The van der Waals surface area contributed by atoms with Crippen molar-refractivity contribution in [2.45, 2.75) is 44.8 Å². The topological polar surface area (TPSA) is 87.7 Å². The molecular weight excluding hydrogens is 296 g/mol. The molecule has 122 valence electrons. The minimum absolute atomic E-state index is 0.0507. The van der Waals surface area contributed by atoms with Crippen LogP contribution in [-0.4, -0.2) is 23.2 Å². The Kier molecular flexibility index (Phi) is 4.23. The Hall–Kier alpha value is -2.50. The standard InChI is InChI=1S/C17H20N2O4/c1-10-14(16(21)23-13-7-2-3-8-13)15(19-17(22)18-10)11-5-4-6-12(20)9-11/h4-6,9,13,15,20H,2-3,7-8H2,1H3,(H2,18,19,22)/t15-/m1/s1. The first-order chi connectivity index (χ1) is 11.0. The molecule has 3 rings (SSSR count). The van der Waals surface area contributed by atoms with Crippen LogP contribution in [0, 0.1) is 0 Å². The van der Waals surface area contributed by atoms with Crippen molar-refractivity contribution in [3.8, 4) is 5.75 Å². The molecular formula is C17H20N2O4. The molecule has 2 aliphatic rings. The third-order valence-electron chi connectivity index (χ3n) is 4.27. The van der Waals surface area contributed by atoms with Crippen LogP contribution in [0.2, 0.25) is 0 Å². The van der Waals surface area contributed by atoms with Gasteiger partial charge in [-0.1, -0.05) is 12.1 Å². The van der Waals surface area contributed by atoms with E-state index in [4.69, 9.17) is 4.74 Å². The highest BCUT2D eigenvalue weighted by atomic mass is 16.5. The highest BCUT2D eigenvalue weighted by Crippen LogP contribution is 2.31. The van der Waals surface area contributed by atoms with Gasteiger partial charge in [-0.2, -0.15) is 0 Å². The van der Waals surface area contributed by atoms with Crippen LogP contribution < -0.4 is 10.6 Å². The quantitative estimate of drug-likeness (QED) is 0.748. The van der Waals surface area contributed by atoms with E-state index in [0.717, 1.165) is 25.7 Å². The number of phenolic OH excluding ortho intramolecular Hbond substituents is 1. The Bertz CT molecular complexity index is 662. The van der Waals surface area contributed by atoms with E-state index < -0.39 is 12.0 Å². The lowest BCUT2D eigenvalue weighted by Crippen LogP contribution is -2.45. The highest BCUT2D eigenvalue weighted by Gasteiger charge is 2.33. The minimum atomic E-state index is -0.634. The zero-order valence-corrected chi connectivity index (χ0v) is 13.0. The predicted molar refractivity (Wildman–Crippen MR) is 83.6 cm³/mol. The monoisotopic (exact) mass is 316 g/mol. The summed E-state index contributed by atoms with van der Waals surface area (Å²) in [7, 11) is 0. The molecule has 1 aliphatic heterocycles. The maximum absolute atomic E-state index is 12.6. The van der Waals surface area contributed by atoms with Gasteiger partial charge in [-0.25, -0.2) is 9.59 Å². The van der Waals surface area contributed by atoms with E-state index in [1.807, 2.05) is 0 Å². The second kappa shape index (κ2) is 6.32. The fraction of sp³-hybridized carbons (Fsp3) is 0.412. The van der Waals surface area contributed by atoms with Crippen LogP contribution in [0.25, 0.3) is 0 Å². The van der Waals surface area contributed by atoms with Gasteiger partial charge in [0.1, 0.15) is 11.9 Å². The van der Waals surface area contributed by atoms with Gasteiger partial charge in [0.2, 0.25) is 0 Å². The summed E-state index contributed by atoms with van der Waals surface area (Å²) < 4.78 is 5.59. The molecule has 0 unspecified atom stereocenters. The van der Waals surface area contributed by atoms with Gasteiger partial charge in [-0.05, 0) is 50.3 Å². The number of ether oxygens (including phenoxy) is 1. The van der Waals surface area contributed by atoms with Crippen LogP contribution >= 0.6 is 0 Å². The summed E-state index contributed by atoms with van der Waals surface area (Å²) in [6.45, 7) is 1.68. The van der Waals surface area contributed by atoms with Crippen molar-refractivity contribution >= 4 is 12.0 Å². The lowest BCUT2D eigenvalue weighted by molar-refractivity contribution is -0.144. The van der Waals surface area contributed by atoms with Gasteiger partial charge in [0.05, 0.1) is 11.6 Å². The molecule has 0 aromatic heterocycles. The minimum Gasteiger partial charge on any atom is -0.508 e. The Labute approximate surface area is 134 Å². The van der Waals surface area contributed by atoms with E-state index in [2.05, 4.69) is 10.6 Å². The van der Waals surface area contributed by atoms with Crippen molar-refractivity contribution in [2.24, 2.45) is 0 Å². The number of amides is 2. The number of benzene rings is 1. The van der Waals surface area contributed by atoms with Crippen molar-refractivity contribution in [1.82, 2.24) is 10.6 Å². The van der Waals surface area contributed by atoms with Crippen LogP contribution in [0.4, 0.5) is 4.79 Å². The summed E-state index contributed by atoms with van der Waals surface area (Å²) in [5, 5.41) is 15.0. The maximum Gasteiger partial charge on any atom is 0.338 e. The molecule has 3 N–H and O–H groups in total. The third-order valence-corrected chi connectivity index (χ3v) is 4.27. The van der Waals surface area contributed by atoms with Gasteiger partial charge < -0.3 is 20.5 Å². The number of rotatable bonds is 3. The van der Waals surface area contributed by atoms with E-state index in [1.54, 1.807) is 25.1 Å². The first-order valence-electron chi connectivity index (χ1n) is 7.83. The number of nitrogens with one attached hydrogen (secondary N) is 2. The number of carbonyl (C=O) groups is 2. The average Bonchev–Trinajstić information content (AvgIpc) is 2.99. The van der Waals surface area contributed by atoms with Crippen LogP contribution in [-0.2, 0) is 9.53 Å². The molecule has 2 amide bonds. The molecule has 1 fully saturated rings. The van der Waals surface area contributed by atoms with Crippen molar-refractivity contribution in [2.75, 3.05) is 0 Å². The van der Waals surface area contributed by atoms with Crippen molar-refractivity contribution < 1.29 is 19.4 Å². The number of esters is 1. The largest absolute Gasteiger partial charge is 0.508 e. The second-order valence-corrected chi connectivity index (χ2v) is 5.98. The van der Waals surface area contributed by atoms with Gasteiger partial charge in [-0.15, -0.1) is 0 Å². The highest BCUT2D eigenvalue weighted by molar-refractivity contribution is 5.95. The molecule has 6 nitrogen and oxygen atoms in total. The van der Waals surface area contributed by atoms with Gasteiger partial charge in [0.25, 0.3) is 0 Å². The van der Waals surface area contributed by atoms with Crippen molar-refractivity contribution in [1.29, 1.82) is 0 Å². The zero-order chi connectivity index (χ0) is 16.4. The number of urea groups is 1. The van der Waals surface area contributed by atoms with Crippen molar-refractivity contribution in [3.05, 3.63) is 41.1 Å². The smallest absolute Gasteiger partial charge is 0.338 e. The molecule has 6 heteroatoms. The molecule has 0 bridgehead atoms. The molecule has 0 radical (unpaired) electrons. The normalized spacial score (nSPS) is 21.8. The van der Waals surface area contributed by atoms with Crippen molar-refractivity contribution in [3.63, 3.8) is 0 Å². The number of hydrogen-bond acceptors (Lipinski definition) is 4. The SMILES string of the molecule is CC1=C(C(=O)OC2CCCC2)[C@@H](c2cccc(O)c2)NC(=O)N1. The van der Waals surface area contributed by atoms with Gasteiger partial charge in [0, 0.05) is 5.70 Å². The fourth-order valence-corrected chi connectivity index (χ4v) is 3.14. The average molecular weight is 316 g/mol. The number of allylic oxidation sites excluding steroid dienone is 1. The lowest BCUT2D eigenvalue weighted by atomic mass is 9.95. The fourth-order valence-electron chi connectivity index (χ4n) is 3.14. The second-order valence-electron chi connectivity index (χ2n) is 5.98. The molecule has 1 saturated carbocycles. The van der Waals surface area contributed by atoms with E-state index in [1.165, 1.54) is 6.07 Å². The predicted octanol–water partition coefficient (Wildman–Crippen LogP) is 2.51. The van der Waals surface area contributed by atoms with Crippen LogP contribution in [0.1, 0.15) is 44.2 Å². The molecule has 1 aromatic rings. The zero-order valence-electron chi connectivity index (χ0n) is 13.0. The van der Waals surface area contributed by atoms with Crippen LogP contribution in [0.3, 0.4) is 0 Å². The molecule has 1 atom stereocenters. The van der Waals surface area contributed by atoms with Crippen LogP contribution in [0.15, 0.2) is 35.5 Å². The molecule has 1 aliphatic carbocycles. The molecule has 1 heterocycles. The number of carbonyl (C=O) groups excluding carboxylic acids is 2. The van der Waals surface area contributed by atoms with E-state index in [9.17, 15) is 14.7 Å². The number of phenols is 1. The Balaban J connectivity index is 1.90. The molecule has 0 spiro atoms. The summed E-state index contributed by atoms with van der Waals surface area (Å²) in [5.41, 5.74) is 1.49. The Morgan fingerprint density at radius 3 is 2.74 bits per heavy atom. The van der Waals surface area contributed by atoms with Gasteiger partial charge in [0.15, 0.2) is 0 Å². The summed E-state index contributed by atoms with van der Waals surface area (Å²) in [6.07, 6.45) is 3.86. The lowest BCUT2D eigenvalue weighted by Gasteiger charge is -2.29. The first-order valence-corrected chi connectivity index (χ1v) is 7.83. The van der Waals surface area contributed by atoms with E-state index in [0.29, 0.717) is 16.8 Å². The Morgan fingerprint density at radius 1 is 1.30 bits per heavy atom.